The quantitative estimate of drug-likeness (QED) is 0.305. The van der Waals surface area contributed by atoms with Crippen LogP contribution in [0.3, 0.4) is 0 Å². The molecule has 0 atom stereocenters. The lowest BCUT2D eigenvalue weighted by Gasteiger charge is -2.11. The van der Waals surface area contributed by atoms with E-state index in [0.29, 0.717) is 0 Å². The lowest BCUT2D eigenvalue weighted by molar-refractivity contribution is -0.135. The predicted molar refractivity (Wildman–Crippen MR) is 67.8 cm³/mol. The second kappa shape index (κ2) is 6.82. The van der Waals surface area contributed by atoms with Crippen molar-refractivity contribution < 1.29 is 27.1 Å². The van der Waals surface area contributed by atoms with E-state index in [1.54, 1.807) is 0 Å². The van der Waals surface area contributed by atoms with E-state index in [1.807, 2.05) is 0 Å². The topological polar surface area (TPSA) is 77.0 Å². The molecule has 0 bridgehead atoms. The van der Waals surface area contributed by atoms with E-state index in [1.165, 1.54) is 19.1 Å². The molecular weight excluding hydrogens is 294 g/mol. The molecule has 0 saturated heterocycles. The number of halogens is 4. The van der Waals surface area contributed by atoms with Crippen LogP contribution in [0.2, 0.25) is 0 Å². The summed E-state index contributed by atoms with van der Waals surface area (Å²) in [6, 6.07) is 4.52. The van der Waals surface area contributed by atoms with Crippen molar-refractivity contribution in [1.29, 1.82) is 0 Å². The molecule has 0 saturated carbocycles. The Labute approximate surface area is 117 Å². The van der Waals surface area contributed by atoms with Crippen LogP contribution in [-0.2, 0) is 9.53 Å². The Morgan fingerprint density at radius 2 is 1.95 bits per heavy atom. The molecule has 0 amide bonds. The Morgan fingerprint density at radius 3 is 2.43 bits per heavy atom. The molecule has 0 radical (unpaired) electrons. The molecule has 114 valence electrons. The molecule has 2 N–H and O–H groups in total. The van der Waals surface area contributed by atoms with Crippen molar-refractivity contribution in [3.8, 4) is 0 Å². The fourth-order valence-electron chi connectivity index (χ4n) is 1.32. The SMILES string of the molecule is CCOC(=O)C(=NN)C(=Nc1ccccc1F)C(F)(F)F. The van der Waals surface area contributed by atoms with Gasteiger partial charge in [-0.3, -0.25) is 0 Å². The highest BCUT2D eigenvalue weighted by molar-refractivity contribution is 6.67. The monoisotopic (exact) mass is 305 g/mol. The van der Waals surface area contributed by atoms with Crippen molar-refractivity contribution in [3.63, 3.8) is 0 Å². The van der Waals surface area contributed by atoms with Gasteiger partial charge in [0.05, 0.1) is 12.3 Å². The third-order valence-corrected chi connectivity index (χ3v) is 2.18. The minimum absolute atomic E-state index is 0.178. The first-order valence-corrected chi connectivity index (χ1v) is 5.67. The number of hydrazone groups is 1. The molecule has 0 aliphatic carbocycles. The highest BCUT2D eigenvalue weighted by Crippen LogP contribution is 2.24. The van der Waals surface area contributed by atoms with Gasteiger partial charge in [-0.1, -0.05) is 12.1 Å². The first-order chi connectivity index (χ1) is 9.81. The molecule has 0 heterocycles. The Morgan fingerprint density at radius 1 is 1.33 bits per heavy atom. The van der Waals surface area contributed by atoms with E-state index < -0.39 is 35.1 Å². The number of rotatable bonds is 4. The van der Waals surface area contributed by atoms with Gasteiger partial charge in [0.1, 0.15) is 5.82 Å². The fourth-order valence-corrected chi connectivity index (χ4v) is 1.32. The molecule has 21 heavy (non-hydrogen) atoms. The number of aliphatic imine (C=N–C) groups is 1. The largest absolute Gasteiger partial charge is 0.461 e. The normalized spacial score (nSPS) is 13.2. The average Bonchev–Trinajstić information content (AvgIpc) is 2.40. The zero-order valence-corrected chi connectivity index (χ0v) is 10.8. The van der Waals surface area contributed by atoms with E-state index >= 15 is 0 Å². The smallest absolute Gasteiger partial charge is 0.435 e. The van der Waals surface area contributed by atoms with Crippen LogP contribution in [0.25, 0.3) is 0 Å². The number of carbonyl (C=O) groups excluding carboxylic acids is 1. The second-order valence-corrected chi connectivity index (χ2v) is 3.61. The van der Waals surface area contributed by atoms with E-state index in [9.17, 15) is 22.4 Å². The molecule has 0 aliphatic heterocycles. The summed E-state index contributed by atoms with van der Waals surface area (Å²) in [4.78, 5) is 14.5. The Kier molecular flexibility index (Phi) is 5.39. The zero-order chi connectivity index (χ0) is 16.0. The van der Waals surface area contributed by atoms with E-state index in [4.69, 9.17) is 5.84 Å². The number of benzene rings is 1. The molecule has 0 aromatic heterocycles. The Bertz CT molecular complexity index is 582. The van der Waals surface area contributed by atoms with Gasteiger partial charge >= 0.3 is 12.1 Å². The molecule has 0 aliphatic rings. The first kappa shape index (κ1) is 16.6. The highest BCUT2D eigenvalue weighted by atomic mass is 19.4. The lowest BCUT2D eigenvalue weighted by Crippen LogP contribution is -2.37. The summed E-state index contributed by atoms with van der Waals surface area (Å²) in [5.74, 6) is 2.42. The van der Waals surface area contributed by atoms with Gasteiger partial charge in [-0.25, -0.2) is 14.2 Å². The second-order valence-electron chi connectivity index (χ2n) is 3.61. The third kappa shape index (κ3) is 4.26. The van der Waals surface area contributed by atoms with Crippen LogP contribution in [-0.4, -0.2) is 30.2 Å². The van der Waals surface area contributed by atoms with Gasteiger partial charge in [0, 0.05) is 0 Å². The average molecular weight is 305 g/mol. The number of hydrogen-bond donors (Lipinski definition) is 1. The summed E-state index contributed by atoms with van der Waals surface area (Å²) < 4.78 is 56.7. The number of nitrogens with two attached hydrogens (primary N) is 1. The first-order valence-electron chi connectivity index (χ1n) is 5.67. The standard InChI is InChI=1S/C12H11F4N3O2/c1-2-21-11(20)9(19-17)10(12(14,15)16)18-8-6-4-3-5-7(8)13/h3-6H,2,17H2,1H3. The van der Waals surface area contributed by atoms with Gasteiger partial charge in [-0.15, -0.1) is 0 Å². The fraction of sp³-hybridized carbons (Fsp3) is 0.250. The Hall–Kier alpha value is -2.45. The maximum absolute atomic E-state index is 13.4. The number of alkyl halides is 3. The van der Waals surface area contributed by atoms with E-state index in [2.05, 4.69) is 14.8 Å². The summed E-state index contributed by atoms with van der Waals surface area (Å²) in [7, 11) is 0. The van der Waals surface area contributed by atoms with Gasteiger partial charge < -0.3 is 10.6 Å². The van der Waals surface area contributed by atoms with Crippen LogP contribution in [0.15, 0.2) is 34.4 Å². The van der Waals surface area contributed by atoms with E-state index in [0.717, 1.165) is 12.1 Å². The summed E-state index contributed by atoms with van der Waals surface area (Å²) in [5, 5.41) is 2.77. The number of para-hydroxylation sites is 1. The molecular formula is C12H11F4N3O2. The van der Waals surface area contributed by atoms with Gasteiger partial charge in [0.15, 0.2) is 11.4 Å². The van der Waals surface area contributed by atoms with Crippen molar-refractivity contribution in [1.82, 2.24) is 0 Å². The number of ether oxygens (including phenoxy) is 1. The number of esters is 1. The molecule has 0 fully saturated rings. The minimum atomic E-state index is -5.06. The number of carbonyl (C=O) groups is 1. The van der Waals surface area contributed by atoms with Gasteiger partial charge in [-0.05, 0) is 19.1 Å². The van der Waals surface area contributed by atoms with Gasteiger partial charge in [-0.2, -0.15) is 18.3 Å². The molecule has 0 unspecified atom stereocenters. The lowest BCUT2D eigenvalue weighted by atomic mass is 10.2. The molecule has 9 heteroatoms. The van der Waals surface area contributed by atoms with Gasteiger partial charge in [0.25, 0.3) is 0 Å². The van der Waals surface area contributed by atoms with Gasteiger partial charge in [0.2, 0.25) is 0 Å². The van der Waals surface area contributed by atoms with Crippen LogP contribution < -0.4 is 5.84 Å². The summed E-state index contributed by atoms with van der Waals surface area (Å²) in [6.07, 6.45) is -5.06. The van der Waals surface area contributed by atoms with Crippen molar-refractivity contribution in [2.75, 3.05) is 6.61 Å². The Balaban J connectivity index is 3.37. The molecule has 0 spiro atoms. The molecule has 1 rings (SSSR count). The van der Waals surface area contributed by atoms with Crippen LogP contribution in [0.5, 0.6) is 0 Å². The van der Waals surface area contributed by atoms with Crippen LogP contribution in [0.1, 0.15) is 6.92 Å². The zero-order valence-electron chi connectivity index (χ0n) is 10.8. The third-order valence-electron chi connectivity index (χ3n) is 2.18. The maximum atomic E-state index is 13.4. The minimum Gasteiger partial charge on any atom is -0.461 e. The van der Waals surface area contributed by atoms with Crippen molar-refractivity contribution in [2.24, 2.45) is 15.9 Å². The molecule has 1 aromatic rings. The van der Waals surface area contributed by atoms with Crippen LogP contribution >= 0.6 is 0 Å². The molecule has 5 nitrogen and oxygen atoms in total. The summed E-state index contributed by atoms with van der Waals surface area (Å²) in [5.41, 5.74) is -3.56. The predicted octanol–water partition coefficient (Wildman–Crippen LogP) is 2.34. The highest BCUT2D eigenvalue weighted by Gasteiger charge is 2.42. The van der Waals surface area contributed by atoms with Crippen molar-refractivity contribution in [2.45, 2.75) is 13.1 Å². The number of hydrogen-bond acceptors (Lipinski definition) is 5. The summed E-state index contributed by atoms with van der Waals surface area (Å²) >= 11 is 0. The number of nitrogens with zero attached hydrogens (tertiary/aromatic N) is 2. The van der Waals surface area contributed by atoms with Crippen LogP contribution in [0, 0.1) is 5.82 Å². The molecule has 1 aromatic carbocycles. The van der Waals surface area contributed by atoms with Crippen molar-refractivity contribution in [3.05, 3.63) is 30.1 Å². The maximum Gasteiger partial charge on any atom is 0.435 e. The summed E-state index contributed by atoms with van der Waals surface area (Å²) in [6.45, 7) is 1.22. The van der Waals surface area contributed by atoms with Crippen LogP contribution in [0.4, 0.5) is 23.2 Å². The van der Waals surface area contributed by atoms with Crippen molar-refractivity contribution >= 4 is 23.1 Å². The van der Waals surface area contributed by atoms with E-state index in [-0.39, 0.29) is 6.61 Å².